The number of likely N-dealkylation sites (tertiary alicyclic amines) is 1. The summed E-state index contributed by atoms with van der Waals surface area (Å²) in [4.78, 5) is 44.0. The average Bonchev–Trinajstić information content (AvgIpc) is 3.38. The molecule has 0 bridgehead atoms. The SMILES string of the molecule is C[C@@H](CC1(c2nn[nH]n2)c2ccc(C(=O)N(C)C)cc2Cc2cc(C(=O)N(C)C)ccc21)NCC(=O)N1C(C#N)C[C@@H]2C[C@@H]21. The van der Waals surface area contributed by atoms with E-state index in [1.165, 1.54) is 0 Å². The molecular weight excluding hydrogens is 558 g/mol. The van der Waals surface area contributed by atoms with Gasteiger partial charge in [0, 0.05) is 51.4 Å². The number of aromatic nitrogens is 4. The molecule has 6 rings (SSSR count). The largest absolute Gasteiger partial charge is 0.345 e. The van der Waals surface area contributed by atoms with E-state index >= 15 is 0 Å². The number of tetrazole rings is 1. The molecule has 1 saturated carbocycles. The molecule has 4 atom stereocenters. The Morgan fingerprint density at radius 1 is 1.05 bits per heavy atom. The summed E-state index contributed by atoms with van der Waals surface area (Å²) in [6.07, 6.45) is 2.72. The second-order valence-electron chi connectivity index (χ2n) is 12.7. The van der Waals surface area contributed by atoms with Crippen LogP contribution in [0, 0.1) is 17.2 Å². The molecule has 1 aliphatic heterocycles. The molecule has 2 N–H and O–H groups in total. The third-order valence-electron chi connectivity index (χ3n) is 9.30. The van der Waals surface area contributed by atoms with Gasteiger partial charge in [-0.3, -0.25) is 14.4 Å². The topological polar surface area (TPSA) is 151 Å². The highest BCUT2D eigenvalue weighted by molar-refractivity contribution is 5.95. The smallest absolute Gasteiger partial charge is 0.253 e. The molecule has 0 radical (unpaired) electrons. The van der Waals surface area contributed by atoms with Gasteiger partial charge in [0.15, 0.2) is 5.82 Å². The zero-order valence-corrected chi connectivity index (χ0v) is 25.7. The standard InChI is InChI=1S/C32H37N9O3/c1-18(34-17-28(42)41-24(16-33)13-23-14-27(23)41)15-32(31-35-37-38-36-31)25-8-6-19(29(43)39(2)3)10-21(25)12-22-11-20(7-9-26(22)32)30(44)40(4)5/h6-11,18,23-24,27,34H,12-15,17H2,1-5H3,(H,35,36,37,38)/t18-,23+,24?,27-/m0/s1. The van der Waals surface area contributed by atoms with Gasteiger partial charge in [-0.2, -0.15) is 10.5 Å². The Morgan fingerprint density at radius 2 is 1.66 bits per heavy atom. The van der Waals surface area contributed by atoms with Crippen LogP contribution in [0.25, 0.3) is 0 Å². The van der Waals surface area contributed by atoms with Gasteiger partial charge in [-0.1, -0.05) is 17.3 Å². The molecule has 2 fully saturated rings. The normalized spacial score (nSPS) is 21.4. The molecule has 3 aliphatic rings. The highest BCUT2D eigenvalue weighted by Crippen LogP contribution is 2.49. The van der Waals surface area contributed by atoms with Crippen molar-refractivity contribution >= 4 is 17.7 Å². The number of piperidine rings is 1. The van der Waals surface area contributed by atoms with E-state index in [2.05, 4.69) is 32.0 Å². The molecule has 12 nitrogen and oxygen atoms in total. The number of hydrogen-bond acceptors (Lipinski definition) is 8. The Morgan fingerprint density at radius 3 is 2.18 bits per heavy atom. The lowest BCUT2D eigenvalue weighted by Gasteiger charge is -2.41. The van der Waals surface area contributed by atoms with Gasteiger partial charge in [-0.15, -0.1) is 10.2 Å². The fraction of sp³-hybridized carbons (Fsp3) is 0.469. The zero-order chi connectivity index (χ0) is 31.3. The Kier molecular flexibility index (Phi) is 7.45. The van der Waals surface area contributed by atoms with Crippen LogP contribution in [0.15, 0.2) is 36.4 Å². The highest BCUT2D eigenvalue weighted by atomic mass is 16.2. The van der Waals surface area contributed by atoms with Gasteiger partial charge < -0.3 is 20.0 Å². The van der Waals surface area contributed by atoms with E-state index in [-0.39, 0.29) is 42.4 Å². The summed E-state index contributed by atoms with van der Waals surface area (Å²) in [6, 6.07) is 13.3. The van der Waals surface area contributed by atoms with Crippen LogP contribution in [0.1, 0.15) is 75.0 Å². The third-order valence-corrected chi connectivity index (χ3v) is 9.30. The van der Waals surface area contributed by atoms with Gasteiger partial charge in [0.2, 0.25) is 5.91 Å². The molecule has 1 saturated heterocycles. The number of aromatic amines is 1. The molecule has 228 valence electrons. The van der Waals surface area contributed by atoms with E-state index in [9.17, 15) is 19.6 Å². The lowest BCUT2D eigenvalue weighted by Crippen LogP contribution is -2.47. The molecular formula is C32H37N9O3. The third kappa shape index (κ3) is 4.91. The van der Waals surface area contributed by atoms with Crippen molar-refractivity contribution in [3.8, 4) is 6.07 Å². The number of nitrogens with zero attached hydrogens (tertiary/aromatic N) is 7. The molecule has 2 aliphatic carbocycles. The predicted molar refractivity (Wildman–Crippen MR) is 161 cm³/mol. The van der Waals surface area contributed by atoms with Crippen LogP contribution in [0.4, 0.5) is 0 Å². The molecule has 2 aromatic carbocycles. The van der Waals surface area contributed by atoms with Crippen LogP contribution in [0.3, 0.4) is 0 Å². The van der Waals surface area contributed by atoms with Crippen molar-refractivity contribution < 1.29 is 14.4 Å². The number of carbonyl (C=O) groups excluding carboxylic acids is 3. The lowest BCUT2D eigenvalue weighted by atomic mass is 9.62. The van der Waals surface area contributed by atoms with Crippen molar-refractivity contribution in [1.82, 2.24) is 40.6 Å². The second kappa shape index (κ2) is 11.1. The van der Waals surface area contributed by atoms with Crippen molar-refractivity contribution in [2.24, 2.45) is 5.92 Å². The van der Waals surface area contributed by atoms with E-state index in [1.54, 1.807) is 42.9 Å². The second-order valence-corrected chi connectivity index (χ2v) is 12.7. The number of amides is 3. The van der Waals surface area contributed by atoms with E-state index in [0.717, 1.165) is 35.1 Å². The van der Waals surface area contributed by atoms with Crippen LogP contribution in [0.2, 0.25) is 0 Å². The zero-order valence-electron chi connectivity index (χ0n) is 25.7. The van der Waals surface area contributed by atoms with E-state index in [4.69, 9.17) is 0 Å². The number of H-pyrrole nitrogens is 1. The number of fused-ring (bicyclic) bond motifs is 3. The van der Waals surface area contributed by atoms with E-state index in [0.29, 0.717) is 35.7 Å². The maximum atomic E-state index is 13.3. The van der Waals surface area contributed by atoms with Crippen molar-refractivity contribution in [2.75, 3.05) is 34.7 Å². The van der Waals surface area contributed by atoms with Gasteiger partial charge in [-0.25, -0.2) is 0 Å². The van der Waals surface area contributed by atoms with Crippen molar-refractivity contribution in [3.05, 3.63) is 75.6 Å². The lowest BCUT2D eigenvalue weighted by molar-refractivity contribution is -0.131. The molecule has 12 heteroatoms. The summed E-state index contributed by atoms with van der Waals surface area (Å²) in [6.45, 7) is 2.12. The number of nitriles is 1. The van der Waals surface area contributed by atoms with Gasteiger partial charge in [-0.05, 0) is 85.0 Å². The van der Waals surface area contributed by atoms with Crippen LogP contribution in [-0.2, 0) is 16.6 Å². The van der Waals surface area contributed by atoms with Crippen LogP contribution in [0.5, 0.6) is 0 Å². The highest BCUT2D eigenvalue weighted by Gasteiger charge is 2.54. The number of rotatable bonds is 8. The first-order valence-corrected chi connectivity index (χ1v) is 14.9. The molecule has 3 aromatic rings. The summed E-state index contributed by atoms with van der Waals surface area (Å²) in [5, 5.41) is 28.5. The van der Waals surface area contributed by atoms with Crippen LogP contribution < -0.4 is 5.32 Å². The minimum absolute atomic E-state index is 0.0647. The number of hydrogen-bond donors (Lipinski definition) is 2. The summed E-state index contributed by atoms with van der Waals surface area (Å²) in [5.74, 6) is 0.632. The molecule has 1 unspecified atom stereocenters. The van der Waals surface area contributed by atoms with Gasteiger partial charge >= 0.3 is 0 Å². The molecule has 1 aromatic heterocycles. The average molecular weight is 596 g/mol. The summed E-state index contributed by atoms with van der Waals surface area (Å²) in [5.41, 5.74) is 3.98. The maximum Gasteiger partial charge on any atom is 0.253 e. The van der Waals surface area contributed by atoms with Gasteiger partial charge in [0.25, 0.3) is 11.8 Å². The van der Waals surface area contributed by atoms with Crippen molar-refractivity contribution in [1.29, 1.82) is 5.26 Å². The Hall–Kier alpha value is -4.63. The number of nitrogens with one attached hydrogen (secondary N) is 2. The summed E-state index contributed by atoms with van der Waals surface area (Å²) >= 11 is 0. The summed E-state index contributed by atoms with van der Waals surface area (Å²) < 4.78 is 0. The molecule has 0 spiro atoms. The first kappa shape index (κ1) is 29.4. The minimum atomic E-state index is -0.894. The fourth-order valence-corrected chi connectivity index (χ4v) is 7.16. The Balaban J connectivity index is 1.40. The van der Waals surface area contributed by atoms with E-state index in [1.807, 2.05) is 43.3 Å². The fourth-order valence-electron chi connectivity index (χ4n) is 7.16. The number of benzene rings is 2. The molecule has 44 heavy (non-hydrogen) atoms. The van der Waals surface area contributed by atoms with Crippen molar-refractivity contribution in [3.63, 3.8) is 0 Å². The monoisotopic (exact) mass is 595 g/mol. The van der Waals surface area contributed by atoms with Crippen LogP contribution in [-0.4, -0.2) is 106 Å². The van der Waals surface area contributed by atoms with Gasteiger partial charge in [0.05, 0.1) is 18.0 Å². The Bertz CT molecular complexity index is 1590. The maximum absolute atomic E-state index is 13.3. The Labute approximate surface area is 256 Å². The van der Waals surface area contributed by atoms with E-state index < -0.39 is 5.41 Å². The van der Waals surface area contributed by atoms with Crippen molar-refractivity contribution in [2.45, 2.75) is 56.1 Å². The molecule has 2 heterocycles. The number of carbonyl (C=O) groups is 3. The minimum Gasteiger partial charge on any atom is -0.345 e. The van der Waals surface area contributed by atoms with Crippen LogP contribution >= 0.6 is 0 Å². The molecule has 3 amide bonds. The summed E-state index contributed by atoms with van der Waals surface area (Å²) in [7, 11) is 6.88. The first-order valence-electron chi connectivity index (χ1n) is 14.9. The van der Waals surface area contributed by atoms with Gasteiger partial charge in [0.1, 0.15) is 6.04 Å². The first-order chi connectivity index (χ1) is 21.0. The quantitative estimate of drug-likeness (QED) is 0.400. The predicted octanol–water partition coefficient (Wildman–Crippen LogP) is 1.72.